The SMILES string of the molecule is C[C@@H](c1ccc(C(O)CN2CCN(C)CC2)cc1)N(C(=O)O)C(C)(C)C. The lowest BCUT2D eigenvalue weighted by atomic mass is 9.98. The molecule has 1 heterocycles. The van der Waals surface area contributed by atoms with Crippen LogP contribution in [0.1, 0.15) is 51.0 Å². The van der Waals surface area contributed by atoms with Crippen molar-refractivity contribution in [3.05, 3.63) is 35.4 Å². The van der Waals surface area contributed by atoms with Gasteiger partial charge in [-0.2, -0.15) is 0 Å². The lowest BCUT2D eigenvalue weighted by Crippen LogP contribution is -2.46. The first-order chi connectivity index (χ1) is 12.1. The van der Waals surface area contributed by atoms with Gasteiger partial charge in [0.15, 0.2) is 0 Å². The molecule has 1 unspecified atom stereocenters. The fourth-order valence-corrected chi connectivity index (χ4v) is 3.56. The second-order valence-corrected chi connectivity index (χ2v) is 8.29. The van der Waals surface area contributed by atoms with Crippen molar-refractivity contribution in [2.45, 2.75) is 45.4 Å². The smallest absolute Gasteiger partial charge is 0.408 e. The van der Waals surface area contributed by atoms with Gasteiger partial charge in [-0.15, -0.1) is 0 Å². The summed E-state index contributed by atoms with van der Waals surface area (Å²) in [6.07, 6.45) is -1.45. The molecule has 0 spiro atoms. The molecule has 2 N–H and O–H groups in total. The van der Waals surface area contributed by atoms with E-state index in [2.05, 4.69) is 16.8 Å². The minimum absolute atomic E-state index is 0.253. The maximum absolute atomic E-state index is 11.7. The Morgan fingerprint density at radius 2 is 1.62 bits per heavy atom. The number of β-amino-alcohol motifs (C(OH)–C–C–N with tert-alkyl or cyclic N) is 1. The van der Waals surface area contributed by atoms with Gasteiger partial charge in [0.1, 0.15) is 0 Å². The molecule has 1 aliphatic rings. The van der Waals surface area contributed by atoms with E-state index in [1.807, 2.05) is 52.0 Å². The molecular formula is C20H33N3O3. The third-order valence-corrected chi connectivity index (χ3v) is 5.15. The molecule has 26 heavy (non-hydrogen) atoms. The minimum atomic E-state index is -0.927. The van der Waals surface area contributed by atoms with Crippen molar-refractivity contribution in [2.75, 3.05) is 39.8 Å². The Morgan fingerprint density at radius 3 is 2.08 bits per heavy atom. The quantitative estimate of drug-likeness (QED) is 0.842. The summed E-state index contributed by atoms with van der Waals surface area (Å²) in [5.74, 6) is 0. The van der Waals surface area contributed by atoms with E-state index in [0.717, 1.165) is 37.3 Å². The molecule has 2 atom stereocenters. The van der Waals surface area contributed by atoms with E-state index in [1.54, 1.807) is 0 Å². The number of aliphatic hydroxyl groups is 1. The molecule has 1 aromatic carbocycles. The second kappa shape index (κ2) is 8.37. The Hall–Kier alpha value is -1.63. The number of benzene rings is 1. The van der Waals surface area contributed by atoms with Crippen molar-refractivity contribution < 1.29 is 15.0 Å². The van der Waals surface area contributed by atoms with Crippen LogP contribution in [0.5, 0.6) is 0 Å². The number of rotatable bonds is 5. The molecule has 0 aromatic heterocycles. The molecule has 1 amide bonds. The normalized spacial score (nSPS) is 19.2. The number of piperazine rings is 1. The molecule has 1 fully saturated rings. The maximum atomic E-state index is 11.7. The Labute approximate surface area is 157 Å². The van der Waals surface area contributed by atoms with Gasteiger partial charge in [-0.25, -0.2) is 4.79 Å². The highest BCUT2D eigenvalue weighted by Gasteiger charge is 2.31. The van der Waals surface area contributed by atoms with Crippen LogP contribution in [-0.2, 0) is 0 Å². The van der Waals surface area contributed by atoms with E-state index in [9.17, 15) is 15.0 Å². The Kier molecular flexibility index (Phi) is 6.66. The molecule has 1 aliphatic heterocycles. The number of carboxylic acid groups (broad SMARTS) is 1. The zero-order chi connectivity index (χ0) is 19.5. The van der Waals surface area contributed by atoms with Crippen molar-refractivity contribution in [3.63, 3.8) is 0 Å². The molecule has 146 valence electrons. The maximum Gasteiger partial charge on any atom is 0.408 e. The zero-order valence-electron chi connectivity index (χ0n) is 16.6. The summed E-state index contributed by atoms with van der Waals surface area (Å²) in [5.41, 5.74) is 1.32. The highest BCUT2D eigenvalue weighted by Crippen LogP contribution is 2.29. The first-order valence-corrected chi connectivity index (χ1v) is 9.30. The number of amides is 1. The van der Waals surface area contributed by atoms with Gasteiger partial charge in [0.25, 0.3) is 0 Å². The van der Waals surface area contributed by atoms with E-state index in [-0.39, 0.29) is 6.04 Å². The highest BCUT2D eigenvalue weighted by atomic mass is 16.4. The predicted octanol–water partition coefficient (Wildman–Crippen LogP) is 2.81. The van der Waals surface area contributed by atoms with Gasteiger partial charge < -0.3 is 15.1 Å². The molecule has 1 aromatic rings. The third kappa shape index (κ3) is 5.19. The molecule has 0 radical (unpaired) electrons. The Bertz CT molecular complexity index is 589. The summed E-state index contributed by atoms with van der Waals surface area (Å²) in [6, 6.07) is 7.42. The average Bonchev–Trinajstić information content (AvgIpc) is 2.55. The first-order valence-electron chi connectivity index (χ1n) is 9.30. The molecule has 2 rings (SSSR count). The lowest BCUT2D eigenvalue weighted by molar-refractivity contribution is 0.0748. The van der Waals surface area contributed by atoms with Crippen LogP contribution >= 0.6 is 0 Å². The number of hydrogen-bond donors (Lipinski definition) is 2. The zero-order valence-corrected chi connectivity index (χ0v) is 16.6. The number of carbonyl (C=O) groups is 1. The summed E-state index contributed by atoms with van der Waals surface area (Å²) in [7, 11) is 2.12. The second-order valence-electron chi connectivity index (χ2n) is 8.29. The fourth-order valence-electron chi connectivity index (χ4n) is 3.56. The van der Waals surface area contributed by atoms with Crippen LogP contribution in [0.15, 0.2) is 24.3 Å². The first kappa shape index (κ1) is 20.7. The van der Waals surface area contributed by atoms with Gasteiger partial charge in [0.05, 0.1) is 12.1 Å². The molecule has 1 saturated heterocycles. The van der Waals surface area contributed by atoms with Crippen molar-refractivity contribution >= 4 is 6.09 Å². The van der Waals surface area contributed by atoms with Crippen molar-refractivity contribution in [2.24, 2.45) is 0 Å². The van der Waals surface area contributed by atoms with E-state index in [0.29, 0.717) is 6.54 Å². The molecular weight excluding hydrogens is 330 g/mol. The summed E-state index contributed by atoms with van der Waals surface area (Å²) in [4.78, 5) is 17.7. The fraction of sp³-hybridized carbons (Fsp3) is 0.650. The standard InChI is InChI=1S/C20H33N3O3/c1-15(23(19(25)26)20(2,3)4)16-6-8-17(9-7-16)18(24)14-22-12-10-21(5)11-13-22/h6-9,15,18,24H,10-14H2,1-5H3,(H,25,26)/t15-,18?/m0/s1. The predicted molar refractivity (Wildman–Crippen MR) is 103 cm³/mol. The molecule has 0 bridgehead atoms. The van der Waals surface area contributed by atoms with E-state index in [4.69, 9.17) is 0 Å². The Morgan fingerprint density at radius 1 is 1.12 bits per heavy atom. The van der Waals surface area contributed by atoms with Crippen LogP contribution in [0, 0.1) is 0 Å². The van der Waals surface area contributed by atoms with Gasteiger partial charge in [-0.05, 0) is 45.9 Å². The highest BCUT2D eigenvalue weighted by molar-refractivity contribution is 5.66. The third-order valence-electron chi connectivity index (χ3n) is 5.15. The average molecular weight is 364 g/mol. The molecule has 0 saturated carbocycles. The van der Waals surface area contributed by atoms with Gasteiger partial charge >= 0.3 is 6.09 Å². The summed E-state index contributed by atoms with van der Waals surface area (Å²) in [5, 5.41) is 20.1. The van der Waals surface area contributed by atoms with Crippen LogP contribution in [0.3, 0.4) is 0 Å². The molecule has 0 aliphatic carbocycles. The minimum Gasteiger partial charge on any atom is -0.465 e. The molecule has 6 heteroatoms. The van der Waals surface area contributed by atoms with Crippen molar-refractivity contribution in [1.82, 2.24) is 14.7 Å². The van der Waals surface area contributed by atoms with Gasteiger partial charge in [0, 0.05) is 38.3 Å². The summed E-state index contributed by atoms with van der Waals surface area (Å²) >= 11 is 0. The van der Waals surface area contributed by atoms with Crippen LogP contribution < -0.4 is 0 Å². The number of nitrogens with zero attached hydrogens (tertiary/aromatic N) is 3. The van der Waals surface area contributed by atoms with E-state index < -0.39 is 17.7 Å². The van der Waals surface area contributed by atoms with Crippen molar-refractivity contribution in [3.8, 4) is 0 Å². The summed E-state index contributed by atoms with van der Waals surface area (Å²) < 4.78 is 0. The van der Waals surface area contributed by atoms with E-state index >= 15 is 0 Å². The van der Waals surface area contributed by atoms with Crippen LogP contribution in [0.4, 0.5) is 4.79 Å². The van der Waals surface area contributed by atoms with Gasteiger partial charge in [-0.1, -0.05) is 24.3 Å². The largest absolute Gasteiger partial charge is 0.465 e. The van der Waals surface area contributed by atoms with Crippen LogP contribution in [0.25, 0.3) is 0 Å². The topological polar surface area (TPSA) is 67.2 Å². The number of aliphatic hydroxyl groups excluding tert-OH is 1. The van der Waals surface area contributed by atoms with E-state index in [1.165, 1.54) is 4.90 Å². The lowest BCUT2D eigenvalue weighted by Gasteiger charge is -2.38. The van der Waals surface area contributed by atoms with Gasteiger partial charge in [-0.3, -0.25) is 9.80 Å². The van der Waals surface area contributed by atoms with Crippen LogP contribution in [0.2, 0.25) is 0 Å². The number of hydrogen-bond acceptors (Lipinski definition) is 4. The number of likely N-dealkylation sites (N-methyl/N-ethyl adjacent to an activating group) is 1. The monoisotopic (exact) mass is 363 g/mol. The summed E-state index contributed by atoms with van der Waals surface area (Å²) in [6.45, 7) is 12.2. The van der Waals surface area contributed by atoms with Crippen molar-refractivity contribution in [1.29, 1.82) is 0 Å². The van der Waals surface area contributed by atoms with Gasteiger partial charge in [0.2, 0.25) is 0 Å². The molecule has 6 nitrogen and oxygen atoms in total. The Balaban J connectivity index is 2.03. The van der Waals surface area contributed by atoms with Crippen LogP contribution in [-0.4, -0.2) is 76.3 Å².